The summed E-state index contributed by atoms with van der Waals surface area (Å²) in [6.07, 6.45) is 1.37. The van der Waals surface area contributed by atoms with Crippen LogP contribution in [0.1, 0.15) is 12.6 Å². The Labute approximate surface area is 95.1 Å². The van der Waals surface area contributed by atoms with Gasteiger partial charge in [-0.25, -0.2) is 8.42 Å². The second-order valence-corrected chi connectivity index (χ2v) is 5.74. The molecule has 6 nitrogen and oxygen atoms in total. The number of H-pyrrole nitrogens is 1. The van der Waals surface area contributed by atoms with Crippen molar-refractivity contribution in [3.05, 3.63) is 11.9 Å². The molecule has 1 aromatic heterocycles. The molecule has 0 amide bonds. The Morgan fingerprint density at radius 1 is 1.56 bits per heavy atom. The molecule has 2 heterocycles. The van der Waals surface area contributed by atoms with Crippen LogP contribution in [0.5, 0.6) is 0 Å². The lowest BCUT2D eigenvalue weighted by Crippen LogP contribution is -2.58. The molecule has 0 saturated carbocycles. The van der Waals surface area contributed by atoms with Crippen LogP contribution >= 0.6 is 0 Å². The molecule has 0 spiro atoms. The van der Waals surface area contributed by atoms with E-state index >= 15 is 0 Å². The first-order chi connectivity index (χ1) is 7.57. The van der Waals surface area contributed by atoms with Gasteiger partial charge in [-0.3, -0.25) is 5.10 Å². The summed E-state index contributed by atoms with van der Waals surface area (Å²) in [5.74, 6) is 0. The van der Waals surface area contributed by atoms with Gasteiger partial charge < -0.3 is 5.32 Å². The van der Waals surface area contributed by atoms with Crippen LogP contribution in [-0.4, -0.2) is 48.6 Å². The van der Waals surface area contributed by atoms with Crippen LogP contribution in [0.4, 0.5) is 0 Å². The van der Waals surface area contributed by atoms with Gasteiger partial charge in [0.25, 0.3) is 0 Å². The largest absolute Gasteiger partial charge is 0.313 e. The van der Waals surface area contributed by atoms with Crippen LogP contribution in [0.15, 0.2) is 11.1 Å². The maximum atomic E-state index is 12.3. The molecule has 1 aliphatic heterocycles. The zero-order valence-corrected chi connectivity index (χ0v) is 10.2. The third-order valence-corrected chi connectivity index (χ3v) is 4.99. The molecule has 90 valence electrons. The molecular weight excluding hydrogens is 228 g/mol. The molecule has 0 bridgehead atoms. The number of rotatable bonds is 4. The number of aryl methyl sites for hydroxylation is 1. The zero-order chi connectivity index (χ0) is 11.8. The highest BCUT2D eigenvalue weighted by Gasteiger charge is 2.34. The third kappa shape index (κ3) is 1.74. The molecular formula is C9H16N4O2S. The van der Waals surface area contributed by atoms with Crippen LogP contribution < -0.4 is 5.32 Å². The number of aromatic nitrogens is 2. The molecule has 0 atom stereocenters. The van der Waals surface area contributed by atoms with Gasteiger partial charge in [-0.05, 0) is 6.92 Å². The molecule has 2 N–H and O–H groups in total. The number of hydrogen-bond donors (Lipinski definition) is 2. The smallest absolute Gasteiger partial charge is 0.246 e. The molecule has 16 heavy (non-hydrogen) atoms. The lowest BCUT2D eigenvalue weighted by atomic mass is 10.2. The Bertz CT molecular complexity index is 464. The Balaban J connectivity index is 2.33. The fourth-order valence-electron chi connectivity index (χ4n) is 1.83. The van der Waals surface area contributed by atoms with E-state index in [2.05, 4.69) is 15.5 Å². The standard InChI is InChI=1S/C9H16N4O2S/c1-3-13(8-4-10-5-8)16(14,15)9-6-11-12-7(9)2/h6,8,10H,3-5H2,1-2H3,(H,11,12). The van der Waals surface area contributed by atoms with Gasteiger partial charge in [0.1, 0.15) is 4.90 Å². The first-order valence-electron chi connectivity index (χ1n) is 5.30. The normalized spacial score (nSPS) is 17.7. The minimum Gasteiger partial charge on any atom is -0.313 e. The lowest BCUT2D eigenvalue weighted by Gasteiger charge is -2.36. The van der Waals surface area contributed by atoms with Crippen molar-refractivity contribution >= 4 is 10.0 Å². The van der Waals surface area contributed by atoms with Gasteiger partial charge in [-0.2, -0.15) is 9.40 Å². The number of nitrogens with one attached hydrogen (secondary N) is 2. The van der Waals surface area contributed by atoms with Crippen LogP contribution in [-0.2, 0) is 10.0 Å². The van der Waals surface area contributed by atoms with E-state index in [1.807, 2.05) is 6.92 Å². The predicted octanol–water partition coefficient (Wildman–Crippen LogP) is -0.299. The van der Waals surface area contributed by atoms with E-state index in [0.29, 0.717) is 12.2 Å². The van der Waals surface area contributed by atoms with Gasteiger partial charge in [-0.15, -0.1) is 0 Å². The van der Waals surface area contributed by atoms with Crippen molar-refractivity contribution in [2.45, 2.75) is 24.8 Å². The van der Waals surface area contributed by atoms with Crippen molar-refractivity contribution in [3.63, 3.8) is 0 Å². The summed E-state index contributed by atoms with van der Waals surface area (Å²) in [7, 11) is -3.40. The quantitative estimate of drug-likeness (QED) is 0.762. The maximum Gasteiger partial charge on any atom is 0.246 e. The molecule has 0 aromatic carbocycles. The van der Waals surface area contributed by atoms with E-state index in [0.717, 1.165) is 13.1 Å². The Morgan fingerprint density at radius 2 is 2.25 bits per heavy atom. The predicted molar refractivity (Wildman–Crippen MR) is 59.5 cm³/mol. The van der Waals surface area contributed by atoms with E-state index < -0.39 is 10.0 Å². The Hall–Kier alpha value is -0.920. The first kappa shape index (κ1) is 11.6. The molecule has 0 aliphatic carbocycles. The molecule has 1 saturated heterocycles. The maximum absolute atomic E-state index is 12.3. The van der Waals surface area contributed by atoms with Gasteiger partial charge in [0.05, 0.1) is 17.9 Å². The summed E-state index contributed by atoms with van der Waals surface area (Å²) >= 11 is 0. The second kappa shape index (κ2) is 4.15. The topological polar surface area (TPSA) is 78.1 Å². The minimum atomic E-state index is -3.40. The van der Waals surface area contributed by atoms with Gasteiger partial charge in [0, 0.05) is 19.6 Å². The first-order valence-corrected chi connectivity index (χ1v) is 6.74. The zero-order valence-electron chi connectivity index (χ0n) is 9.40. The number of likely N-dealkylation sites (N-methyl/N-ethyl adjacent to an activating group) is 1. The number of hydrogen-bond acceptors (Lipinski definition) is 4. The fraction of sp³-hybridized carbons (Fsp3) is 0.667. The Morgan fingerprint density at radius 3 is 2.62 bits per heavy atom. The fourth-order valence-corrected chi connectivity index (χ4v) is 3.58. The van der Waals surface area contributed by atoms with Crippen molar-refractivity contribution in [2.24, 2.45) is 0 Å². The van der Waals surface area contributed by atoms with E-state index in [-0.39, 0.29) is 10.9 Å². The van der Waals surface area contributed by atoms with Crippen LogP contribution in [0, 0.1) is 6.92 Å². The summed E-state index contributed by atoms with van der Waals surface area (Å²) in [5, 5.41) is 9.50. The van der Waals surface area contributed by atoms with Crippen molar-refractivity contribution in [1.82, 2.24) is 19.8 Å². The highest BCUT2D eigenvalue weighted by atomic mass is 32.2. The summed E-state index contributed by atoms with van der Waals surface area (Å²) < 4.78 is 26.2. The summed E-state index contributed by atoms with van der Waals surface area (Å²) in [5.41, 5.74) is 0.589. The van der Waals surface area contributed by atoms with E-state index in [4.69, 9.17) is 0 Å². The molecule has 0 unspecified atom stereocenters. The minimum absolute atomic E-state index is 0.0734. The molecule has 1 aromatic rings. The van der Waals surface area contributed by atoms with E-state index in [1.165, 1.54) is 10.5 Å². The van der Waals surface area contributed by atoms with E-state index in [1.54, 1.807) is 6.92 Å². The summed E-state index contributed by atoms with van der Waals surface area (Å²) in [6, 6.07) is 0.0734. The average molecular weight is 244 g/mol. The molecule has 2 rings (SSSR count). The highest BCUT2D eigenvalue weighted by Crippen LogP contribution is 2.21. The SMILES string of the molecule is CCN(C1CNC1)S(=O)(=O)c1cn[nH]c1C. The van der Waals surface area contributed by atoms with Crippen molar-refractivity contribution in [2.75, 3.05) is 19.6 Å². The van der Waals surface area contributed by atoms with Crippen molar-refractivity contribution < 1.29 is 8.42 Å². The van der Waals surface area contributed by atoms with Gasteiger partial charge in [-0.1, -0.05) is 6.92 Å². The Kier molecular flexibility index (Phi) is 3.00. The molecule has 1 fully saturated rings. The van der Waals surface area contributed by atoms with Crippen LogP contribution in [0.3, 0.4) is 0 Å². The van der Waals surface area contributed by atoms with Gasteiger partial charge in [0.2, 0.25) is 10.0 Å². The van der Waals surface area contributed by atoms with E-state index in [9.17, 15) is 8.42 Å². The average Bonchev–Trinajstić information content (AvgIpc) is 2.57. The van der Waals surface area contributed by atoms with Crippen molar-refractivity contribution in [3.8, 4) is 0 Å². The number of nitrogens with zero attached hydrogens (tertiary/aromatic N) is 2. The number of aromatic amines is 1. The molecule has 7 heteroatoms. The van der Waals surface area contributed by atoms with Gasteiger partial charge in [0.15, 0.2) is 0 Å². The lowest BCUT2D eigenvalue weighted by molar-refractivity contribution is 0.249. The van der Waals surface area contributed by atoms with Crippen LogP contribution in [0.25, 0.3) is 0 Å². The second-order valence-electron chi connectivity index (χ2n) is 3.88. The highest BCUT2D eigenvalue weighted by molar-refractivity contribution is 7.89. The number of sulfonamides is 1. The monoisotopic (exact) mass is 244 g/mol. The van der Waals surface area contributed by atoms with Gasteiger partial charge >= 0.3 is 0 Å². The summed E-state index contributed by atoms with van der Waals surface area (Å²) in [4.78, 5) is 0.279. The summed E-state index contributed by atoms with van der Waals surface area (Å²) in [6.45, 7) is 5.51. The van der Waals surface area contributed by atoms with Crippen molar-refractivity contribution in [1.29, 1.82) is 0 Å². The molecule has 1 aliphatic rings. The van der Waals surface area contributed by atoms with Crippen LogP contribution in [0.2, 0.25) is 0 Å². The third-order valence-electron chi connectivity index (χ3n) is 2.85. The molecule has 0 radical (unpaired) electrons.